The standard InChI is InChI=1S/C6H11NO4S/c8-3-6(7-5(9)10)1-4(12)2-11-6/h4,7-8,12H,1-3H2,(H,9,10)/t4-,6+/m1/s1. The van der Waals surface area contributed by atoms with E-state index in [9.17, 15) is 4.79 Å². The molecule has 1 rings (SSSR count). The second kappa shape index (κ2) is 3.51. The fourth-order valence-electron chi connectivity index (χ4n) is 1.19. The van der Waals surface area contributed by atoms with Crippen LogP contribution in [0.25, 0.3) is 0 Å². The van der Waals surface area contributed by atoms with E-state index in [0.717, 1.165) is 0 Å². The molecule has 0 unspecified atom stereocenters. The molecule has 5 nitrogen and oxygen atoms in total. The lowest BCUT2D eigenvalue weighted by molar-refractivity contribution is -0.0577. The Morgan fingerprint density at radius 1 is 1.83 bits per heavy atom. The highest BCUT2D eigenvalue weighted by molar-refractivity contribution is 7.81. The van der Waals surface area contributed by atoms with Crippen molar-refractivity contribution in [1.82, 2.24) is 5.32 Å². The quantitative estimate of drug-likeness (QED) is 0.452. The highest BCUT2D eigenvalue weighted by atomic mass is 32.1. The number of nitrogens with one attached hydrogen (secondary N) is 1. The van der Waals surface area contributed by atoms with Gasteiger partial charge in [0.15, 0.2) is 5.72 Å². The number of rotatable bonds is 2. The predicted molar refractivity (Wildman–Crippen MR) is 44.3 cm³/mol. The van der Waals surface area contributed by atoms with Crippen LogP contribution in [0.15, 0.2) is 0 Å². The molecule has 0 spiro atoms. The first kappa shape index (κ1) is 9.63. The van der Waals surface area contributed by atoms with Crippen molar-refractivity contribution in [2.45, 2.75) is 17.4 Å². The molecule has 2 atom stereocenters. The Balaban J connectivity index is 2.58. The maximum absolute atomic E-state index is 10.3. The van der Waals surface area contributed by atoms with Crippen molar-refractivity contribution < 1.29 is 19.7 Å². The normalized spacial score (nSPS) is 35.0. The summed E-state index contributed by atoms with van der Waals surface area (Å²) in [5, 5.41) is 19.4. The number of aliphatic hydroxyl groups is 1. The maximum Gasteiger partial charge on any atom is 0.406 e. The number of thiol groups is 1. The lowest BCUT2D eigenvalue weighted by Gasteiger charge is -2.25. The summed E-state index contributed by atoms with van der Waals surface area (Å²) in [6, 6.07) is 0. The van der Waals surface area contributed by atoms with E-state index in [4.69, 9.17) is 14.9 Å². The molecular formula is C6H11NO4S. The molecule has 3 N–H and O–H groups in total. The molecule has 70 valence electrons. The average Bonchev–Trinajstić information content (AvgIpc) is 2.32. The first-order chi connectivity index (χ1) is 5.58. The molecule has 1 heterocycles. The SMILES string of the molecule is O=C(O)N[C@@]1(CO)C[C@@H](S)CO1. The largest absolute Gasteiger partial charge is 0.465 e. The number of carboxylic acid groups (broad SMARTS) is 1. The molecule has 0 aromatic heterocycles. The van der Waals surface area contributed by atoms with Crippen molar-refractivity contribution >= 4 is 18.7 Å². The van der Waals surface area contributed by atoms with Crippen molar-refractivity contribution in [3.8, 4) is 0 Å². The Kier molecular flexibility index (Phi) is 2.81. The van der Waals surface area contributed by atoms with E-state index in [1.807, 2.05) is 0 Å². The number of hydrogen-bond acceptors (Lipinski definition) is 4. The van der Waals surface area contributed by atoms with Crippen molar-refractivity contribution in [3.63, 3.8) is 0 Å². The van der Waals surface area contributed by atoms with Gasteiger partial charge in [-0.3, -0.25) is 5.32 Å². The molecule has 0 aliphatic carbocycles. The molecule has 1 fully saturated rings. The second-order valence-corrected chi connectivity index (χ2v) is 3.48. The summed E-state index contributed by atoms with van der Waals surface area (Å²) in [6.45, 7) is -0.0136. The fraction of sp³-hybridized carbons (Fsp3) is 0.833. The summed E-state index contributed by atoms with van der Waals surface area (Å²) in [5.41, 5.74) is -1.14. The van der Waals surface area contributed by atoms with E-state index >= 15 is 0 Å². The minimum atomic E-state index is -1.20. The zero-order valence-electron chi connectivity index (χ0n) is 6.36. The maximum atomic E-state index is 10.3. The Bertz CT molecular complexity index is 188. The summed E-state index contributed by atoms with van der Waals surface area (Å²) in [5.74, 6) is 0. The summed E-state index contributed by atoms with van der Waals surface area (Å²) < 4.78 is 5.09. The summed E-state index contributed by atoms with van der Waals surface area (Å²) >= 11 is 4.11. The van der Waals surface area contributed by atoms with Crippen molar-refractivity contribution in [3.05, 3.63) is 0 Å². The van der Waals surface area contributed by atoms with Crippen LogP contribution in [0.1, 0.15) is 6.42 Å². The first-order valence-electron chi connectivity index (χ1n) is 3.52. The monoisotopic (exact) mass is 193 g/mol. The molecule has 1 aliphatic heterocycles. The third-order valence-corrected chi connectivity index (χ3v) is 2.04. The van der Waals surface area contributed by atoms with Gasteiger partial charge < -0.3 is 14.9 Å². The molecular weight excluding hydrogens is 182 g/mol. The average molecular weight is 193 g/mol. The topological polar surface area (TPSA) is 78.8 Å². The van der Waals surface area contributed by atoms with Gasteiger partial charge in [-0.1, -0.05) is 0 Å². The van der Waals surface area contributed by atoms with Crippen LogP contribution in [0.2, 0.25) is 0 Å². The van der Waals surface area contributed by atoms with Gasteiger partial charge in [-0.15, -0.1) is 0 Å². The lowest BCUT2D eigenvalue weighted by Crippen LogP contribution is -2.50. The van der Waals surface area contributed by atoms with E-state index in [0.29, 0.717) is 13.0 Å². The Labute approximate surface area is 75.1 Å². The third kappa shape index (κ3) is 2.02. The lowest BCUT2D eigenvalue weighted by atomic mass is 10.1. The molecule has 12 heavy (non-hydrogen) atoms. The van der Waals surface area contributed by atoms with E-state index in [1.54, 1.807) is 0 Å². The summed E-state index contributed by atoms with van der Waals surface area (Å²) in [7, 11) is 0. The van der Waals surface area contributed by atoms with E-state index in [1.165, 1.54) is 0 Å². The van der Waals surface area contributed by atoms with Crippen LogP contribution >= 0.6 is 12.6 Å². The number of ether oxygens (including phenoxy) is 1. The Hall–Kier alpha value is -0.460. The van der Waals surface area contributed by atoms with Crippen LogP contribution in [0.4, 0.5) is 4.79 Å². The summed E-state index contributed by atoms with van der Waals surface area (Å²) in [4.78, 5) is 10.3. The number of carbonyl (C=O) groups is 1. The molecule has 0 saturated carbocycles. The van der Waals surface area contributed by atoms with Gasteiger partial charge in [-0.25, -0.2) is 4.79 Å². The van der Waals surface area contributed by atoms with Gasteiger partial charge >= 0.3 is 6.09 Å². The van der Waals surface area contributed by atoms with Crippen LogP contribution < -0.4 is 5.32 Å². The van der Waals surface area contributed by atoms with Gasteiger partial charge in [0.25, 0.3) is 0 Å². The minimum Gasteiger partial charge on any atom is -0.465 e. The zero-order chi connectivity index (χ0) is 9.19. The van der Waals surface area contributed by atoms with Gasteiger partial charge in [-0.05, 0) is 0 Å². The highest BCUT2D eigenvalue weighted by Crippen LogP contribution is 2.25. The molecule has 0 bridgehead atoms. The first-order valence-corrected chi connectivity index (χ1v) is 4.03. The predicted octanol–water partition coefficient (Wildman–Crippen LogP) is -0.339. The molecule has 1 saturated heterocycles. The van der Waals surface area contributed by atoms with Crippen LogP contribution in [0.3, 0.4) is 0 Å². The van der Waals surface area contributed by atoms with Crippen LogP contribution in [0.5, 0.6) is 0 Å². The fourth-order valence-corrected chi connectivity index (χ4v) is 1.56. The number of hydrogen-bond donors (Lipinski definition) is 4. The zero-order valence-corrected chi connectivity index (χ0v) is 7.25. The van der Waals surface area contributed by atoms with Gasteiger partial charge in [0.05, 0.1) is 13.2 Å². The molecule has 6 heteroatoms. The van der Waals surface area contributed by atoms with Crippen molar-refractivity contribution in [2.24, 2.45) is 0 Å². The number of amides is 1. The van der Waals surface area contributed by atoms with Gasteiger partial charge in [0.2, 0.25) is 0 Å². The Morgan fingerprint density at radius 2 is 2.50 bits per heavy atom. The molecule has 0 aromatic carbocycles. The third-order valence-electron chi connectivity index (χ3n) is 1.71. The van der Waals surface area contributed by atoms with Crippen molar-refractivity contribution in [2.75, 3.05) is 13.2 Å². The van der Waals surface area contributed by atoms with Gasteiger partial charge in [-0.2, -0.15) is 12.6 Å². The van der Waals surface area contributed by atoms with E-state index < -0.39 is 11.8 Å². The molecule has 1 amide bonds. The van der Waals surface area contributed by atoms with Gasteiger partial charge in [0, 0.05) is 11.7 Å². The van der Waals surface area contributed by atoms with E-state index in [2.05, 4.69) is 17.9 Å². The number of aliphatic hydroxyl groups excluding tert-OH is 1. The summed E-state index contributed by atoms with van der Waals surface area (Å²) in [6.07, 6.45) is -0.815. The van der Waals surface area contributed by atoms with Crippen LogP contribution in [-0.2, 0) is 4.74 Å². The second-order valence-electron chi connectivity index (χ2n) is 2.75. The minimum absolute atomic E-state index is 0.0241. The molecule has 1 aliphatic rings. The van der Waals surface area contributed by atoms with Crippen LogP contribution in [-0.4, -0.2) is 40.5 Å². The smallest absolute Gasteiger partial charge is 0.406 e. The van der Waals surface area contributed by atoms with Gasteiger partial charge in [0.1, 0.15) is 0 Å². The van der Waals surface area contributed by atoms with E-state index in [-0.39, 0.29) is 11.9 Å². The van der Waals surface area contributed by atoms with Crippen LogP contribution in [0, 0.1) is 0 Å². The molecule has 0 aromatic rings. The Morgan fingerprint density at radius 3 is 2.83 bits per heavy atom. The highest BCUT2D eigenvalue weighted by Gasteiger charge is 2.40. The molecule has 0 radical (unpaired) electrons. The van der Waals surface area contributed by atoms with Crippen molar-refractivity contribution in [1.29, 1.82) is 0 Å².